The van der Waals surface area contributed by atoms with Gasteiger partial charge in [0.05, 0.1) is 18.4 Å². The summed E-state index contributed by atoms with van der Waals surface area (Å²) >= 11 is 9.14. The first-order chi connectivity index (χ1) is 9.52. The third-order valence-corrected chi connectivity index (χ3v) is 3.53. The lowest BCUT2D eigenvalue weighted by Gasteiger charge is -2.10. The van der Waals surface area contributed by atoms with Crippen LogP contribution in [0.25, 0.3) is 0 Å². The number of para-hydroxylation sites is 1. The molecule has 0 radical (unpaired) electrons. The number of phenols is 1. The molecule has 0 spiro atoms. The molecule has 0 bridgehead atoms. The zero-order valence-electron chi connectivity index (χ0n) is 10.5. The number of hydrogen-bond donors (Lipinski definition) is 2. The van der Waals surface area contributed by atoms with Crippen molar-refractivity contribution in [1.82, 2.24) is 0 Å². The minimum Gasteiger partial charge on any atom is -0.504 e. The highest BCUT2D eigenvalue weighted by molar-refractivity contribution is 9.10. The number of carbonyl (C=O) groups excluding carboxylic acids is 1. The smallest absolute Gasteiger partial charge is 0.259 e. The Morgan fingerprint density at radius 2 is 2.10 bits per heavy atom. The van der Waals surface area contributed by atoms with Gasteiger partial charge in [-0.2, -0.15) is 0 Å². The molecule has 1 amide bonds. The monoisotopic (exact) mass is 355 g/mol. The summed E-state index contributed by atoms with van der Waals surface area (Å²) in [6.45, 7) is 0. The van der Waals surface area contributed by atoms with Gasteiger partial charge in [-0.3, -0.25) is 4.79 Å². The van der Waals surface area contributed by atoms with E-state index in [0.29, 0.717) is 15.2 Å². The fourth-order valence-corrected chi connectivity index (χ4v) is 2.43. The maximum atomic E-state index is 12.2. The van der Waals surface area contributed by atoms with E-state index in [4.69, 9.17) is 16.3 Å². The molecule has 0 heterocycles. The topological polar surface area (TPSA) is 58.6 Å². The van der Waals surface area contributed by atoms with Crippen LogP contribution in [0.15, 0.2) is 40.9 Å². The molecule has 20 heavy (non-hydrogen) atoms. The molecule has 2 N–H and O–H groups in total. The molecule has 2 aromatic rings. The van der Waals surface area contributed by atoms with Gasteiger partial charge >= 0.3 is 0 Å². The Kier molecular flexibility index (Phi) is 4.52. The molecule has 0 fully saturated rings. The number of ether oxygens (including phenoxy) is 1. The zero-order valence-corrected chi connectivity index (χ0v) is 12.8. The van der Waals surface area contributed by atoms with Crippen molar-refractivity contribution >= 4 is 39.1 Å². The second-order valence-electron chi connectivity index (χ2n) is 3.93. The van der Waals surface area contributed by atoms with E-state index in [9.17, 15) is 9.90 Å². The molecule has 0 saturated heterocycles. The van der Waals surface area contributed by atoms with Crippen molar-refractivity contribution in [3.63, 3.8) is 0 Å². The fraction of sp³-hybridized carbons (Fsp3) is 0.0714. The van der Waals surface area contributed by atoms with E-state index < -0.39 is 5.91 Å². The number of amides is 1. The standard InChI is InChI=1S/C14H11BrClNO3/c1-20-12-4-2-3-9(13(12)18)14(19)17-11-6-5-8(16)7-10(11)15/h2-7,18H,1H3,(H,17,19). The number of hydrogen-bond acceptors (Lipinski definition) is 3. The van der Waals surface area contributed by atoms with E-state index in [1.54, 1.807) is 30.3 Å². The number of phenolic OH excluding ortho intramolecular Hbond substituents is 1. The summed E-state index contributed by atoms with van der Waals surface area (Å²) in [5, 5.41) is 13.2. The lowest BCUT2D eigenvalue weighted by molar-refractivity contribution is 0.102. The minimum atomic E-state index is -0.440. The van der Waals surface area contributed by atoms with Gasteiger partial charge in [0.25, 0.3) is 5.91 Å². The Labute approximate surface area is 129 Å². The SMILES string of the molecule is COc1cccc(C(=O)Nc2ccc(Cl)cc2Br)c1O. The van der Waals surface area contributed by atoms with Crippen LogP contribution < -0.4 is 10.1 Å². The fourth-order valence-electron chi connectivity index (χ4n) is 1.65. The number of carbonyl (C=O) groups is 1. The van der Waals surface area contributed by atoms with Crippen LogP contribution in [0, 0.1) is 0 Å². The van der Waals surface area contributed by atoms with Gasteiger partial charge in [0.2, 0.25) is 0 Å². The van der Waals surface area contributed by atoms with Crippen LogP contribution in [0.1, 0.15) is 10.4 Å². The van der Waals surface area contributed by atoms with Crippen LogP contribution in [0.3, 0.4) is 0 Å². The molecule has 104 valence electrons. The minimum absolute atomic E-state index is 0.131. The molecule has 0 atom stereocenters. The van der Waals surface area contributed by atoms with Crippen molar-refractivity contribution in [1.29, 1.82) is 0 Å². The Morgan fingerprint density at radius 1 is 1.35 bits per heavy atom. The van der Waals surface area contributed by atoms with E-state index in [0.717, 1.165) is 0 Å². The maximum absolute atomic E-state index is 12.2. The van der Waals surface area contributed by atoms with Crippen molar-refractivity contribution < 1.29 is 14.6 Å². The van der Waals surface area contributed by atoms with Crippen molar-refractivity contribution in [2.24, 2.45) is 0 Å². The predicted octanol–water partition coefficient (Wildman–Crippen LogP) is 4.07. The quantitative estimate of drug-likeness (QED) is 0.871. The highest BCUT2D eigenvalue weighted by atomic mass is 79.9. The van der Waals surface area contributed by atoms with Crippen molar-refractivity contribution in [3.8, 4) is 11.5 Å². The largest absolute Gasteiger partial charge is 0.504 e. The first-order valence-corrected chi connectivity index (χ1v) is 6.82. The number of benzene rings is 2. The second kappa shape index (κ2) is 6.15. The number of methoxy groups -OCH3 is 1. The van der Waals surface area contributed by atoms with Gasteiger partial charge in [-0.05, 0) is 46.3 Å². The van der Waals surface area contributed by atoms with Crippen molar-refractivity contribution in [3.05, 3.63) is 51.5 Å². The molecule has 4 nitrogen and oxygen atoms in total. The second-order valence-corrected chi connectivity index (χ2v) is 5.23. The molecule has 6 heteroatoms. The molecule has 2 aromatic carbocycles. The summed E-state index contributed by atoms with van der Waals surface area (Å²) in [7, 11) is 1.42. The molecule has 0 aliphatic rings. The molecule has 0 aliphatic carbocycles. The molecule has 0 unspecified atom stereocenters. The summed E-state index contributed by atoms with van der Waals surface area (Å²) in [4.78, 5) is 12.2. The lowest BCUT2D eigenvalue weighted by Crippen LogP contribution is -2.12. The van der Waals surface area contributed by atoms with Gasteiger partial charge in [0.1, 0.15) is 0 Å². The average Bonchev–Trinajstić information content (AvgIpc) is 2.42. The molecule has 2 rings (SSSR count). The van der Waals surface area contributed by atoms with Crippen molar-refractivity contribution in [2.45, 2.75) is 0 Å². The highest BCUT2D eigenvalue weighted by Crippen LogP contribution is 2.31. The Balaban J connectivity index is 2.28. The molecular formula is C14H11BrClNO3. The van der Waals surface area contributed by atoms with Crippen LogP contribution in [0.5, 0.6) is 11.5 Å². The van der Waals surface area contributed by atoms with E-state index in [2.05, 4.69) is 21.2 Å². The van der Waals surface area contributed by atoms with Crippen LogP contribution in [0.2, 0.25) is 5.02 Å². The van der Waals surface area contributed by atoms with Crippen LogP contribution in [-0.4, -0.2) is 18.1 Å². The predicted molar refractivity (Wildman–Crippen MR) is 81.8 cm³/mol. The normalized spacial score (nSPS) is 10.2. The Hall–Kier alpha value is -1.72. The van der Waals surface area contributed by atoms with E-state index in [1.165, 1.54) is 13.2 Å². The van der Waals surface area contributed by atoms with Crippen LogP contribution in [0.4, 0.5) is 5.69 Å². The summed E-state index contributed by atoms with van der Waals surface area (Å²) < 4.78 is 5.62. The van der Waals surface area contributed by atoms with Gasteiger partial charge in [0, 0.05) is 9.50 Å². The van der Waals surface area contributed by atoms with Gasteiger partial charge in [-0.1, -0.05) is 17.7 Å². The summed E-state index contributed by atoms with van der Waals surface area (Å²) in [6, 6.07) is 9.71. The van der Waals surface area contributed by atoms with Gasteiger partial charge < -0.3 is 15.2 Å². The lowest BCUT2D eigenvalue weighted by atomic mass is 10.1. The molecule has 0 saturated carbocycles. The van der Waals surface area contributed by atoms with Gasteiger partial charge in [-0.25, -0.2) is 0 Å². The van der Waals surface area contributed by atoms with Crippen LogP contribution in [-0.2, 0) is 0 Å². The Bertz CT molecular complexity index is 661. The maximum Gasteiger partial charge on any atom is 0.259 e. The third kappa shape index (κ3) is 3.05. The number of anilines is 1. The first kappa shape index (κ1) is 14.7. The van der Waals surface area contributed by atoms with Gasteiger partial charge in [0.15, 0.2) is 11.5 Å². The Morgan fingerprint density at radius 3 is 2.75 bits per heavy atom. The van der Waals surface area contributed by atoms with Crippen LogP contribution >= 0.6 is 27.5 Å². The number of rotatable bonds is 3. The first-order valence-electron chi connectivity index (χ1n) is 5.65. The third-order valence-electron chi connectivity index (χ3n) is 2.64. The summed E-state index contributed by atoms with van der Waals surface area (Å²) in [5.74, 6) is -0.394. The van der Waals surface area contributed by atoms with Crippen molar-refractivity contribution in [2.75, 3.05) is 12.4 Å². The summed E-state index contributed by atoms with van der Waals surface area (Å²) in [5.41, 5.74) is 0.688. The van der Waals surface area contributed by atoms with E-state index in [-0.39, 0.29) is 17.1 Å². The summed E-state index contributed by atoms with van der Waals surface area (Å²) in [6.07, 6.45) is 0. The zero-order chi connectivity index (χ0) is 14.7. The molecule has 0 aromatic heterocycles. The number of nitrogens with one attached hydrogen (secondary N) is 1. The molecule has 0 aliphatic heterocycles. The van der Waals surface area contributed by atoms with E-state index in [1.807, 2.05) is 0 Å². The average molecular weight is 357 g/mol. The van der Waals surface area contributed by atoms with E-state index >= 15 is 0 Å². The highest BCUT2D eigenvalue weighted by Gasteiger charge is 2.15. The number of aromatic hydroxyl groups is 1. The molecular weight excluding hydrogens is 346 g/mol. The number of halogens is 2. The van der Waals surface area contributed by atoms with Gasteiger partial charge in [-0.15, -0.1) is 0 Å².